The summed E-state index contributed by atoms with van der Waals surface area (Å²) in [6.45, 7) is 18.6. The van der Waals surface area contributed by atoms with E-state index in [4.69, 9.17) is 13.3 Å². The molecule has 0 bridgehead atoms. The molecule has 1 aromatic rings. The summed E-state index contributed by atoms with van der Waals surface area (Å²) in [6, 6.07) is 11.2. The zero-order valence-corrected chi connectivity index (χ0v) is 18.0. The topological polar surface area (TPSA) is 27.7 Å². The van der Waals surface area contributed by atoms with E-state index in [2.05, 4.69) is 86.6 Å². The monoisotopic (exact) mass is 352 g/mol. The first-order valence-corrected chi connectivity index (χ1v) is 10.8. The lowest BCUT2D eigenvalue weighted by molar-refractivity contribution is -0.0751. The Bertz CT molecular complexity index is 452. The first kappa shape index (κ1) is 21.4. The minimum absolute atomic E-state index is 0.320. The Balaban J connectivity index is 3.12. The van der Waals surface area contributed by atoms with Gasteiger partial charge in [0.2, 0.25) is 0 Å². The molecular formula is C20H36O3Si. The van der Waals surface area contributed by atoms with Crippen LogP contribution in [0.3, 0.4) is 0 Å². The van der Waals surface area contributed by atoms with Crippen LogP contribution in [0, 0.1) is 0 Å². The average molecular weight is 353 g/mol. The van der Waals surface area contributed by atoms with Gasteiger partial charge < -0.3 is 13.3 Å². The third-order valence-corrected chi connectivity index (χ3v) is 6.58. The molecule has 24 heavy (non-hydrogen) atoms. The van der Waals surface area contributed by atoms with Crippen LogP contribution < -0.4 is 0 Å². The maximum atomic E-state index is 6.49. The first-order chi connectivity index (χ1) is 10.7. The minimum atomic E-state index is -2.88. The van der Waals surface area contributed by atoms with Gasteiger partial charge in [0.15, 0.2) is 0 Å². The van der Waals surface area contributed by atoms with Gasteiger partial charge >= 0.3 is 8.80 Å². The second-order valence-corrected chi connectivity index (χ2v) is 11.8. The predicted molar refractivity (Wildman–Crippen MR) is 103 cm³/mol. The van der Waals surface area contributed by atoms with E-state index in [1.807, 2.05) is 6.07 Å². The Morgan fingerprint density at radius 2 is 1.04 bits per heavy atom. The maximum Gasteiger partial charge on any atom is 0.502 e. The fourth-order valence-electron chi connectivity index (χ4n) is 2.56. The summed E-state index contributed by atoms with van der Waals surface area (Å²) in [6.07, 6.45) is 0.884. The molecule has 0 N–H and O–H groups in total. The molecule has 1 rings (SSSR count). The van der Waals surface area contributed by atoms with E-state index in [0.717, 1.165) is 12.5 Å². The summed E-state index contributed by atoms with van der Waals surface area (Å²) < 4.78 is 19.5. The Labute approximate surface area is 150 Å². The van der Waals surface area contributed by atoms with Crippen LogP contribution >= 0.6 is 0 Å². The van der Waals surface area contributed by atoms with Crippen LogP contribution in [-0.4, -0.2) is 25.6 Å². The molecule has 0 unspecified atom stereocenters. The van der Waals surface area contributed by atoms with Gasteiger partial charge in [-0.05, 0) is 74.3 Å². The van der Waals surface area contributed by atoms with Crippen LogP contribution in [0.5, 0.6) is 0 Å². The molecule has 0 aliphatic rings. The standard InChI is InChI=1S/C20H36O3Si/c1-18(2,3)21-24(22-19(4,5)6,23-20(7,8)9)16-15-17-13-11-10-12-14-17/h10-14H,15-16H2,1-9H3. The van der Waals surface area contributed by atoms with Crippen LogP contribution in [0.15, 0.2) is 30.3 Å². The highest BCUT2D eigenvalue weighted by atomic mass is 28.4. The zero-order chi connectivity index (χ0) is 18.6. The van der Waals surface area contributed by atoms with Gasteiger partial charge in [-0.3, -0.25) is 0 Å². The zero-order valence-electron chi connectivity index (χ0n) is 17.0. The van der Waals surface area contributed by atoms with Crippen molar-refractivity contribution in [3.8, 4) is 0 Å². The molecule has 0 fully saturated rings. The molecule has 3 nitrogen and oxygen atoms in total. The van der Waals surface area contributed by atoms with Gasteiger partial charge in [-0.25, -0.2) is 0 Å². The van der Waals surface area contributed by atoms with Crippen molar-refractivity contribution >= 4 is 8.80 Å². The Hall–Kier alpha value is -0.683. The van der Waals surface area contributed by atoms with Crippen molar-refractivity contribution in [1.29, 1.82) is 0 Å². The van der Waals surface area contributed by atoms with Crippen LogP contribution in [-0.2, 0) is 19.7 Å². The highest BCUT2D eigenvalue weighted by Gasteiger charge is 2.49. The van der Waals surface area contributed by atoms with Crippen LogP contribution in [0.2, 0.25) is 6.04 Å². The van der Waals surface area contributed by atoms with Crippen molar-refractivity contribution in [1.82, 2.24) is 0 Å². The molecule has 0 spiro atoms. The normalized spacial score (nSPS) is 14.0. The number of rotatable bonds is 6. The highest BCUT2D eigenvalue weighted by Crippen LogP contribution is 2.32. The Kier molecular flexibility index (Phi) is 6.84. The van der Waals surface area contributed by atoms with Crippen LogP contribution in [0.4, 0.5) is 0 Å². The smallest absolute Gasteiger partial charge is 0.368 e. The third kappa shape index (κ3) is 8.97. The van der Waals surface area contributed by atoms with Crippen molar-refractivity contribution in [3.05, 3.63) is 35.9 Å². The van der Waals surface area contributed by atoms with Crippen LogP contribution in [0.25, 0.3) is 0 Å². The molecule has 0 saturated heterocycles. The number of benzene rings is 1. The number of hydrogen-bond acceptors (Lipinski definition) is 3. The van der Waals surface area contributed by atoms with E-state index in [1.165, 1.54) is 5.56 Å². The first-order valence-electron chi connectivity index (χ1n) is 8.84. The van der Waals surface area contributed by atoms with Gasteiger partial charge in [-0.1, -0.05) is 30.3 Å². The quantitative estimate of drug-likeness (QED) is 0.622. The maximum absolute atomic E-state index is 6.49. The second-order valence-electron chi connectivity index (χ2n) is 9.31. The molecule has 0 amide bonds. The number of hydrogen-bond donors (Lipinski definition) is 0. The summed E-state index contributed by atoms with van der Waals surface area (Å²) in [5, 5.41) is 0. The lowest BCUT2D eigenvalue weighted by Crippen LogP contribution is -2.57. The van der Waals surface area contributed by atoms with Crippen molar-refractivity contribution in [3.63, 3.8) is 0 Å². The van der Waals surface area contributed by atoms with Crippen molar-refractivity contribution in [2.45, 2.75) is 91.6 Å². The summed E-state index contributed by atoms with van der Waals surface area (Å²) in [5.41, 5.74) is 0.319. The van der Waals surface area contributed by atoms with Gasteiger partial charge in [0.1, 0.15) is 0 Å². The van der Waals surface area contributed by atoms with E-state index in [9.17, 15) is 0 Å². The summed E-state index contributed by atoms with van der Waals surface area (Å²) >= 11 is 0. The van der Waals surface area contributed by atoms with Gasteiger partial charge in [0, 0.05) is 6.04 Å². The SMILES string of the molecule is CC(C)(C)O[Si](CCc1ccccc1)(OC(C)(C)C)OC(C)(C)C. The second kappa shape index (κ2) is 7.69. The van der Waals surface area contributed by atoms with Crippen molar-refractivity contribution < 1.29 is 13.3 Å². The molecule has 0 aliphatic carbocycles. The number of aryl methyl sites for hydroxylation is 1. The van der Waals surface area contributed by atoms with Gasteiger partial charge in [0.05, 0.1) is 16.8 Å². The molecule has 1 aromatic carbocycles. The predicted octanol–water partition coefficient (Wildman–Crippen LogP) is 5.61. The fraction of sp³-hybridized carbons (Fsp3) is 0.700. The molecule has 138 valence electrons. The molecule has 0 aromatic heterocycles. The molecule has 0 atom stereocenters. The third-order valence-electron chi connectivity index (χ3n) is 2.95. The fourth-order valence-corrected chi connectivity index (χ4v) is 6.38. The van der Waals surface area contributed by atoms with E-state index < -0.39 is 8.80 Å². The van der Waals surface area contributed by atoms with E-state index in [1.54, 1.807) is 0 Å². The summed E-state index contributed by atoms with van der Waals surface area (Å²) in [7, 11) is -2.88. The minimum Gasteiger partial charge on any atom is -0.368 e. The van der Waals surface area contributed by atoms with E-state index in [-0.39, 0.29) is 16.8 Å². The average Bonchev–Trinajstić information content (AvgIpc) is 2.31. The summed E-state index contributed by atoms with van der Waals surface area (Å²) in [5.74, 6) is 0. The molecule has 0 heterocycles. The lowest BCUT2D eigenvalue weighted by atomic mass is 10.2. The van der Waals surface area contributed by atoms with Gasteiger partial charge in [-0.2, -0.15) is 0 Å². The van der Waals surface area contributed by atoms with E-state index >= 15 is 0 Å². The van der Waals surface area contributed by atoms with Crippen LogP contribution in [0.1, 0.15) is 67.9 Å². The van der Waals surface area contributed by atoms with Crippen molar-refractivity contribution in [2.24, 2.45) is 0 Å². The molecular weight excluding hydrogens is 316 g/mol. The largest absolute Gasteiger partial charge is 0.502 e. The van der Waals surface area contributed by atoms with E-state index in [0.29, 0.717) is 0 Å². The summed E-state index contributed by atoms with van der Waals surface area (Å²) in [4.78, 5) is 0. The van der Waals surface area contributed by atoms with Gasteiger partial charge in [-0.15, -0.1) is 0 Å². The molecule has 0 aliphatic heterocycles. The van der Waals surface area contributed by atoms with Gasteiger partial charge in [0.25, 0.3) is 0 Å². The molecule has 0 saturated carbocycles. The lowest BCUT2D eigenvalue weighted by Gasteiger charge is -2.43. The highest BCUT2D eigenvalue weighted by molar-refractivity contribution is 6.61. The molecule has 4 heteroatoms. The van der Waals surface area contributed by atoms with Crippen molar-refractivity contribution in [2.75, 3.05) is 0 Å². The molecule has 0 radical (unpaired) electrons. The Morgan fingerprint density at radius 1 is 0.667 bits per heavy atom. The Morgan fingerprint density at radius 3 is 1.38 bits per heavy atom.